The Labute approximate surface area is 171 Å². The third kappa shape index (κ3) is 6.02. The third-order valence-electron chi connectivity index (χ3n) is 5.41. The predicted octanol–water partition coefficient (Wildman–Crippen LogP) is 3.20. The normalized spacial score (nSPS) is 19.7. The van der Waals surface area contributed by atoms with E-state index in [-0.39, 0.29) is 23.6 Å². The molecular weight excluding hydrogens is 371 g/mol. The van der Waals surface area contributed by atoms with E-state index < -0.39 is 0 Å². The van der Waals surface area contributed by atoms with Crippen molar-refractivity contribution in [1.29, 1.82) is 0 Å². The highest BCUT2D eigenvalue weighted by Crippen LogP contribution is 2.31. The molecule has 2 aromatic rings. The highest BCUT2D eigenvalue weighted by Gasteiger charge is 2.32. The first-order valence-corrected chi connectivity index (χ1v) is 9.96. The van der Waals surface area contributed by atoms with E-state index in [1.54, 1.807) is 14.2 Å². The lowest BCUT2D eigenvalue weighted by Gasteiger charge is -2.37. The number of methoxy groups -OCH3 is 2. The molecule has 1 N–H and O–H groups in total. The zero-order valence-electron chi connectivity index (χ0n) is 17.1. The molecule has 6 heteroatoms. The van der Waals surface area contributed by atoms with E-state index in [9.17, 15) is 9.18 Å². The van der Waals surface area contributed by atoms with E-state index in [0.29, 0.717) is 19.7 Å². The number of ether oxygens (including phenoxy) is 2. The minimum absolute atomic E-state index is 0.0496. The smallest absolute Gasteiger partial charge is 0.224 e. The van der Waals surface area contributed by atoms with E-state index in [1.165, 1.54) is 17.7 Å². The molecule has 0 saturated carbocycles. The van der Waals surface area contributed by atoms with E-state index >= 15 is 0 Å². The molecule has 0 aliphatic carbocycles. The number of rotatable bonds is 8. The molecule has 1 aliphatic rings. The second-order valence-electron chi connectivity index (χ2n) is 7.51. The first-order chi connectivity index (χ1) is 14.1. The number of carbonyl (C=O) groups excluding carboxylic acids is 1. The molecule has 1 amide bonds. The van der Waals surface area contributed by atoms with Gasteiger partial charge in [-0.2, -0.15) is 0 Å². The summed E-state index contributed by atoms with van der Waals surface area (Å²) in [5.41, 5.74) is 2.24. The van der Waals surface area contributed by atoms with E-state index in [0.717, 1.165) is 30.8 Å². The Morgan fingerprint density at radius 3 is 2.48 bits per heavy atom. The van der Waals surface area contributed by atoms with Gasteiger partial charge in [-0.15, -0.1) is 0 Å². The quantitative estimate of drug-likeness (QED) is 0.692. The summed E-state index contributed by atoms with van der Waals surface area (Å²) in [5, 5.41) is 2.97. The van der Waals surface area contributed by atoms with Gasteiger partial charge < -0.3 is 14.8 Å². The Morgan fingerprint density at radius 1 is 1.10 bits per heavy atom. The molecular formula is C23H29FN2O3. The summed E-state index contributed by atoms with van der Waals surface area (Å²) in [6.07, 6.45) is 0.754. The van der Waals surface area contributed by atoms with Gasteiger partial charge in [0.2, 0.25) is 5.91 Å². The zero-order valence-corrected chi connectivity index (χ0v) is 17.1. The number of nitrogens with zero attached hydrogens (tertiary/aromatic N) is 1. The van der Waals surface area contributed by atoms with Gasteiger partial charge in [0.25, 0.3) is 0 Å². The lowest BCUT2D eigenvalue weighted by Crippen LogP contribution is -2.46. The van der Waals surface area contributed by atoms with Crippen LogP contribution in [0.2, 0.25) is 0 Å². The summed E-state index contributed by atoms with van der Waals surface area (Å²) >= 11 is 0. The van der Waals surface area contributed by atoms with Crippen molar-refractivity contribution < 1.29 is 18.7 Å². The Balaban J connectivity index is 1.73. The monoisotopic (exact) mass is 400 g/mol. The molecule has 156 valence electrons. The Hall–Kier alpha value is -2.44. The van der Waals surface area contributed by atoms with E-state index in [1.807, 2.05) is 36.4 Å². The van der Waals surface area contributed by atoms with E-state index in [4.69, 9.17) is 9.47 Å². The van der Waals surface area contributed by atoms with Crippen LogP contribution < -0.4 is 10.1 Å². The second-order valence-corrected chi connectivity index (χ2v) is 7.51. The molecule has 2 atom stereocenters. The number of benzene rings is 2. The number of carbonyl (C=O) groups is 1. The van der Waals surface area contributed by atoms with Crippen molar-refractivity contribution in [1.82, 2.24) is 10.2 Å². The lowest BCUT2D eigenvalue weighted by atomic mass is 9.84. The molecule has 1 saturated heterocycles. The van der Waals surface area contributed by atoms with Crippen LogP contribution in [0, 0.1) is 11.7 Å². The molecule has 29 heavy (non-hydrogen) atoms. The van der Waals surface area contributed by atoms with Crippen molar-refractivity contribution in [3.05, 3.63) is 65.5 Å². The Morgan fingerprint density at radius 2 is 1.83 bits per heavy atom. The zero-order chi connectivity index (χ0) is 20.6. The summed E-state index contributed by atoms with van der Waals surface area (Å²) < 4.78 is 23.6. The third-order valence-corrected chi connectivity index (χ3v) is 5.41. The van der Waals surface area contributed by atoms with Crippen LogP contribution in [0.3, 0.4) is 0 Å². The highest BCUT2D eigenvalue weighted by atomic mass is 19.1. The lowest BCUT2D eigenvalue weighted by molar-refractivity contribution is -0.127. The fraction of sp³-hybridized carbons (Fsp3) is 0.435. The van der Waals surface area contributed by atoms with Gasteiger partial charge in [0, 0.05) is 33.3 Å². The summed E-state index contributed by atoms with van der Waals surface area (Å²) in [6, 6.07) is 14.6. The number of halogens is 1. The number of hydrogen-bond acceptors (Lipinski definition) is 4. The van der Waals surface area contributed by atoms with Crippen molar-refractivity contribution in [2.75, 3.05) is 40.5 Å². The molecule has 1 heterocycles. The maximum absolute atomic E-state index is 13.4. The first-order valence-electron chi connectivity index (χ1n) is 9.96. The van der Waals surface area contributed by atoms with Crippen LogP contribution in [0.25, 0.3) is 0 Å². The van der Waals surface area contributed by atoms with Gasteiger partial charge in [-0.05, 0) is 47.7 Å². The molecule has 0 bridgehead atoms. The molecule has 1 fully saturated rings. The highest BCUT2D eigenvalue weighted by molar-refractivity contribution is 5.79. The maximum Gasteiger partial charge on any atom is 0.224 e. The molecule has 2 aromatic carbocycles. The molecule has 0 spiro atoms. The minimum atomic E-state index is -0.242. The molecule has 1 aliphatic heterocycles. The van der Waals surface area contributed by atoms with Gasteiger partial charge in [-0.1, -0.05) is 24.3 Å². The van der Waals surface area contributed by atoms with Gasteiger partial charge >= 0.3 is 0 Å². The van der Waals surface area contributed by atoms with Crippen LogP contribution >= 0.6 is 0 Å². The topological polar surface area (TPSA) is 50.8 Å². The van der Waals surface area contributed by atoms with Gasteiger partial charge in [0.05, 0.1) is 19.6 Å². The number of likely N-dealkylation sites (tertiary alicyclic amines) is 1. The molecule has 3 rings (SSSR count). The number of piperidine rings is 1. The average molecular weight is 400 g/mol. The molecule has 5 nitrogen and oxygen atoms in total. The average Bonchev–Trinajstić information content (AvgIpc) is 2.74. The molecule has 0 radical (unpaired) electrons. The molecule has 2 unspecified atom stereocenters. The fourth-order valence-electron chi connectivity index (χ4n) is 3.90. The molecule has 0 aromatic heterocycles. The van der Waals surface area contributed by atoms with Gasteiger partial charge in [-0.3, -0.25) is 9.69 Å². The Kier molecular flexibility index (Phi) is 7.61. The summed E-state index contributed by atoms with van der Waals surface area (Å²) in [4.78, 5) is 15.0. The van der Waals surface area contributed by atoms with Crippen molar-refractivity contribution in [2.24, 2.45) is 5.92 Å². The SMILES string of the molecule is COCCNC(=O)C1CC(c2ccc(F)cc2)CN(Cc2ccc(OC)cc2)C1. The summed E-state index contributed by atoms with van der Waals surface area (Å²) in [5.74, 6) is 0.698. The van der Waals surface area contributed by atoms with Crippen LogP contribution in [0.5, 0.6) is 5.75 Å². The standard InChI is InChI=1S/C23H29FN2O3/c1-28-12-11-25-23(27)20-13-19(18-5-7-21(24)8-6-18)15-26(16-20)14-17-3-9-22(29-2)10-4-17/h3-10,19-20H,11-16H2,1-2H3,(H,25,27). The fourth-order valence-corrected chi connectivity index (χ4v) is 3.90. The maximum atomic E-state index is 13.4. The van der Waals surface area contributed by atoms with Crippen molar-refractivity contribution in [3.63, 3.8) is 0 Å². The number of amides is 1. The minimum Gasteiger partial charge on any atom is -0.497 e. The first kappa shape index (κ1) is 21.3. The van der Waals surface area contributed by atoms with Crippen LogP contribution in [0.1, 0.15) is 23.5 Å². The van der Waals surface area contributed by atoms with E-state index in [2.05, 4.69) is 10.2 Å². The second kappa shape index (κ2) is 10.4. The van der Waals surface area contributed by atoms with Crippen LogP contribution in [0.4, 0.5) is 4.39 Å². The van der Waals surface area contributed by atoms with Crippen LogP contribution in [-0.4, -0.2) is 51.3 Å². The van der Waals surface area contributed by atoms with Crippen LogP contribution in [-0.2, 0) is 16.1 Å². The number of hydrogen-bond donors (Lipinski definition) is 1. The van der Waals surface area contributed by atoms with Crippen LogP contribution in [0.15, 0.2) is 48.5 Å². The number of nitrogens with one attached hydrogen (secondary N) is 1. The van der Waals surface area contributed by atoms with Gasteiger partial charge in [0.1, 0.15) is 11.6 Å². The van der Waals surface area contributed by atoms with Gasteiger partial charge in [0.15, 0.2) is 0 Å². The van der Waals surface area contributed by atoms with Crippen molar-refractivity contribution in [2.45, 2.75) is 18.9 Å². The Bertz CT molecular complexity index is 780. The summed E-state index contributed by atoms with van der Waals surface area (Å²) in [6.45, 7) is 3.28. The largest absolute Gasteiger partial charge is 0.497 e. The van der Waals surface area contributed by atoms with Crippen molar-refractivity contribution >= 4 is 5.91 Å². The summed E-state index contributed by atoms with van der Waals surface area (Å²) in [7, 11) is 3.27. The van der Waals surface area contributed by atoms with Gasteiger partial charge in [-0.25, -0.2) is 4.39 Å². The predicted molar refractivity (Wildman–Crippen MR) is 110 cm³/mol. The van der Waals surface area contributed by atoms with Crippen molar-refractivity contribution in [3.8, 4) is 5.75 Å².